The van der Waals surface area contributed by atoms with Crippen molar-refractivity contribution in [3.8, 4) is 0 Å². The van der Waals surface area contributed by atoms with Crippen molar-refractivity contribution < 1.29 is 28.3 Å². The Bertz CT molecular complexity index is 794. The Morgan fingerprint density at radius 3 is 2.93 bits per heavy atom. The normalized spacial score (nSPS) is 29.2. The highest BCUT2D eigenvalue weighted by Crippen LogP contribution is 2.29. The zero-order valence-electron chi connectivity index (χ0n) is 15.4. The summed E-state index contributed by atoms with van der Waals surface area (Å²) in [5.41, 5.74) is 0. The summed E-state index contributed by atoms with van der Waals surface area (Å²) in [5.74, 6) is -1.03. The fourth-order valence-electron chi connectivity index (χ4n) is 4.28. The smallest absolute Gasteiger partial charge is 0.287 e. The number of furan rings is 1. The summed E-state index contributed by atoms with van der Waals surface area (Å²) in [6.07, 6.45) is 2.24. The number of amides is 4. The molecule has 4 atom stereocenters. The first-order valence-electron chi connectivity index (χ1n) is 9.23. The molecule has 3 aliphatic heterocycles. The molecule has 0 saturated carbocycles. The van der Waals surface area contributed by atoms with Crippen LogP contribution in [0.15, 0.2) is 22.8 Å². The van der Waals surface area contributed by atoms with E-state index in [2.05, 4.69) is 10.6 Å². The van der Waals surface area contributed by atoms with Crippen LogP contribution in [0.2, 0.25) is 0 Å². The lowest BCUT2D eigenvalue weighted by Gasteiger charge is -2.29. The highest BCUT2D eigenvalue weighted by atomic mass is 16.5. The quantitative estimate of drug-likeness (QED) is 0.661. The predicted molar refractivity (Wildman–Crippen MR) is 94.0 cm³/mol. The standard InChI is InChI=1S/C18H22N4O6/c1-27-9-14(23)21-5-4-11-15(21)18(26)22-8-10(7-12(22)16(24)20-11)19-17(25)13-3-2-6-28-13/h2-3,6,10-12,15H,4-5,7-9H2,1H3,(H,19,25)(H,20,24). The number of rotatable bonds is 4. The molecule has 28 heavy (non-hydrogen) atoms. The number of hydrogen-bond acceptors (Lipinski definition) is 6. The Balaban J connectivity index is 1.50. The first-order valence-corrected chi connectivity index (χ1v) is 9.23. The van der Waals surface area contributed by atoms with Gasteiger partial charge in [-0.15, -0.1) is 0 Å². The highest BCUT2D eigenvalue weighted by Gasteiger charge is 2.52. The van der Waals surface area contributed by atoms with Gasteiger partial charge in [-0.2, -0.15) is 0 Å². The molecular weight excluding hydrogens is 368 g/mol. The molecule has 3 saturated heterocycles. The van der Waals surface area contributed by atoms with Crippen LogP contribution in [0, 0.1) is 0 Å². The Morgan fingerprint density at radius 2 is 2.21 bits per heavy atom. The van der Waals surface area contributed by atoms with Crippen LogP contribution in [-0.2, 0) is 19.1 Å². The summed E-state index contributed by atoms with van der Waals surface area (Å²) in [7, 11) is 1.42. The van der Waals surface area contributed by atoms with Gasteiger partial charge in [0.15, 0.2) is 5.76 Å². The lowest BCUT2D eigenvalue weighted by molar-refractivity contribution is -0.146. The van der Waals surface area contributed by atoms with Gasteiger partial charge in [-0.05, 0) is 25.0 Å². The molecule has 0 aliphatic carbocycles. The van der Waals surface area contributed by atoms with Crippen LogP contribution in [0.3, 0.4) is 0 Å². The molecule has 0 spiro atoms. The van der Waals surface area contributed by atoms with Gasteiger partial charge >= 0.3 is 0 Å². The molecule has 10 nitrogen and oxygen atoms in total. The van der Waals surface area contributed by atoms with Crippen molar-refractivity contribution >= 4 is 23.6 Å². The van der Waals surface area contributed by atoms with E-state index in [0.29, 0.717) is 19.4 Å². The van der Waals surface area contributed by atoms with Crippen molar-refractivity contribution in [1.29, 1.82) is 0 Å². The van der Waals surface area contributed by atoms with Crippen molar-refractivity contribution in [2.45, 2.75) is 37.0 Å². The molecule has 1 aromatic rings. The minimum atomic E-state index is -0.740. The number of likely N-dealkylation sites (tertiary alicyclic amines) is 1. The molecule has 150 valence electrons. The van der Waals surface area contributed by atoms with Crippen LogP contribution in [-0.4, -0.2) is 84.4 Å². The summed E-state index contributed by atoms with van der Waals surface area (Å²) in [5, 5.41) is 5.71. The van der Waals surface area contributed by atoms with Crippen molar-refractivity contribution in [2.75, 3.05) is 26.8 Å². The van der Waals surface area contributed by atoms with E-state index in [9.17, 15) is 19.2 Å². The van der Waals surface area contributed by atoms with Gasteiger partial charge in [0.05, 0.1) is 12.3 Å². The van der Waals surface area contributed by atoms with Crippen LogP contribution in [0.1, 0.15) is 23.4 Å². The van der Waals surface area contributed by atoms with Crippen molar-refractivity contribution in [3.05, 3.63) is 24.2 Å². The van der Waals surface area contributed by atoms with E-state index in [1.165, 1.54) is 23.2 Å². The third-order valence-corrected chi connectivity index (χ3v) is 5.53. The van der Waals surface area contributed by atoms with Gasteiger partial charge in [-0.3, -0.25) is 19.2 Å². The summed E-state index contributed by atoms with van der Waals surface area (Å²) < 4.78 is 9.99. The monoisotopic (exact) mass is 390 g/mol. The number of ether oxygens (including phenoxy) is 1. The molecule has 4 unspecified atom stereocenters. The van der Waals surface area contributed by atoms with Crippen molar-refractivity contribution in [3.63, 3.8) is 0 Å². The number of carbonyl (C=O) groups is 4. The molecular formula is C18H22N4O6. The number of hydrogen-bond donors (Lipinski definition) is 2. The van der Waals surface area contributed by atoms with Crippen LogP contribution in [0.25, 0.3) is 0 Å². The summed E-state index contributed by atoms with van der Waals surface area (Å²) >= 11 is 0. The van der Waals surface area contributed by atoms with E-state index in [-0.39, 0.29) is 42.7 Å². The maximum atomic E-state index is 13.2. The molecule has 3 aliphatic rings. The molecule has 4 rings (SSSR count). The second-order valence-corrected chi connectivity index (χ2v) is 7.26. The van der Waals surface area contributed by atoms with Gasteiger partial charge in [0, 0.05) is 26.2 Å². The Morgan fingerprint density at radius 1 is 1.39 bits per heavy atom. The zero-order chi connectivity index (χ0) is 19.8. The number of fused-ring (bicyclic) bond motifs is 2. The summed E-state index contributed by atoms with van der Waals surface area (Å²) in [4.78, 5) is 53.4. The van der Waals surface area contributed by atoms with Crippen LogP contribution < -0.4 is 10.6 Å². The highest BCUT2D eigenvalue weighted by molar-refractivity contribution is 5.97. The molecule has 4 amide bonds. The zero-order valence-corrected chi connectivity index (χ0v) is 15.4. The number of methoxy groups -OCH3 is 1. The van der Waals surface area contributed by atoms with E-state index in [0.717, 1.165) is 0 Å². The maximum Gasteiger partial charge on any atom is 0.287 e. The van der Waals surface area contributed by atoms with Gasteiger partial charge < -0.3 is 29.6 Å². The second-order valence-electron chi connectivity index (χ2n) is 7.26. The van der Waals surface area contributed by atoms with Crippen LogP contribution in [0.5, 0.6) is 0 Å². The minimum absolute atomic E-state index is 0.115. The van der Waals surface area contributed by atoms with Gasteiger partial charge in [-0.1, -0.05) is 0 Å². The van der Waals surface area contributed by atoms with E-state index < -0.39 is 24.0 Å². The van der Waals surface area contributed by atoms with Crippen molar-refractivity contribution in [1.82, 2.24) is 20.4 Å². The number of nitrogens with zero attached hydrogens (tertiary/aromatic N) is 2. The van der Waals surface area contributed by atoms with Crippen molar-refractivity contribution in [2.24, 2.45) is 0 Å². The predicted octanol–water partition coefficient (Wildman–Crippen LogP) is -1.28. The first kappa shape index (κ1) is 18.5. The largest absolute Gasteiger partial charge is 0.459 e. The van der Waals surface area contributed by atoms with E-state index in [1.807, 2.05) is 0 Å². The number of carbonyl (C=O) groups excluding carboxylic acids is 4. The SMILES string of the molecule is COCC(=O)N1CCC2NC(=O)C3CC(NC(=O)c4ccco4)CN3C(=O)C21. The summed E-state index contributed by atoms with van der Waals surface area (Å²) in [6.45, 7) is 0.481. The van der Waals surface area contributed by atoms with Gasteiger partial charge in [-0.25, -0.2) is 0 Å². The molecule has 3 fully saturated rings. The maximum absolute atomic E-state index is 13.2. The minimum Gasteiger partial charge on any atom is -0.459 e. The lowest BCUT2D eigenvalue weighted by Crippen LogP contribution is -2.53. The first-order chi connectivity index (χ1) is 13.5. The summed E-state index contributed by atoms with van der Waals surface area (Å²) in [6, 6.07) is 0.972. The average molecular weight is 390 g/mol. The third kappa shape index (κ3) is 3.13. The fourth-order valence-corrected chi connectivity index (χ4v) is 4.28. The Kier molecular flexibility index (Phi) is 4.80. The topological polar surface area (TPSA) is 121 Å². The molecule has 2 N–H and O–H groups in total. The molecule has 0 radical (unpaired) electrons. The molecule has 1 aromatic heterocycles. The van der Waals surface area contributed by atoms with Crippen LogP contribution in [0.4, 0.5) is 0 Å². The van der Waals surface area contributed by atoms with Gasteiger partial charge in [0.2, 0.25) is 17.7 Å². The van der Waals surface area contributed by atoms with Crippen LogP contribution >= 0.6 is 0 Å². The molecule has 0 bridgehead atoms. The van der Waals surface area contributed by atoms with E-state index in [1.54, 1.807) is 12.1 Å². The number of nitrogens with one attached hydrogen (secondary N) is 2. The van der Waals surface area contributed by atoms with E-state index >= 15 is 0 Å². The second kappa shape index (κ2) is 7.27. The molecule has 10 heteroatoms. The fraction of sp³-hybridized carbons (Fsp3) is 0.556. The van der Waals surface area contributed by atoms with Gasteiger partial charge in [0.25, 0.3) is 5.91 Å². The Labute approximate surface area is 161 Å². The van der Waals surface area contributed by atoms with E-state index in [4.69, 9.17) is 9.15 Å². The third-order valence-electron chi connectivity index (χ3n) is 5.53. The molecule has 4 heterocycles. The Hall–Kier alpha value is -2.88. The molecule has 0 aromatic carbocycles. The van der Waals surface area contributed by atoms with Gasteiger partial charge in [0.1, 0.15) is 18.7 Å². The lowest BCUT2D eigenvalue weighted by atomic mass is 10.1. The average Bonchev–Trinajstić information content (AvgIpc) is 3.39.